The van der Waals surface area contributed by atoms with E-state index in [1.54, 1.807) is 0 Å². The molecular formula is C9H20F3NO2. The summed E-state index contributed by atoms with van der Waals surface area (Å²) < 4.78 is 40.3. The molecule has 15 heavy (non-hydrogen) atoms. The van der Waals surface area contributed by atoms with E-state index in [1.165, 1.54) is 7.11 Å². The van der Waals surface area contributed by atoms with Crippen molar-refractivity contribution < 1.29 is 23.0 Å². The maximum absolute atomic E-state index is 11.9. The molecule has 0 aromatic rings. The number of nitrogens with zero attached hydrogens (tertiary/aromatic N) is 1. The van der Waals surface area contributed by atoms with Crippen molar-refractivity contribution in [3.63, 3.8) is 0 Å². The number of rotatable bonds is 6. The molecule has 0 amide bonds. The number of hydrogen-bond donors (Lipinski definition) is 1. The summed E-state index contributed by atoms with van der Waals surface area (Å²) in [6.45, 7) is 3.15. The minimum atomic E-state index is -4.22. The van der Waals surface area contributed by atoms with Crippen LogP contribution in [0.3, 0.4) is 0 Å². The summed E-state index contributed by atoms with van der Waals surface area (Å²) in [6, 6.07) is 0. The zero-order valence-corrected chi connectivity index (χ0v) is 9.47. The monoisotopic (exact) mass is 231 g/mol. The molecule has 0 aliphatic carbocycles. The molecule has 0 aliphatic heterocycles. The number of aliphatic hydroxyl groups excluding tert-OH is 1. The number of methoxy groups -OCH3 is 1. The van der Waals surface area contributed by atoms with Crippen LogP contribution in [0.4, 0.5) is 13.2 Å². The number of aliphatic hydroxyl groups is 1. The van der Waals surface area contributed by atoms with Gasteiger partial charge >= 0.3 is 6.18 Å². The summed E-state index contributed by atoms with van der Waals surface area (Å²) in [4.78, 5) is 1.10. The van der Waals surface area contributed by atoms with Crippen LogP contribution in [0.2, 0.25) is 0 Å². The largest absolute Gasteiger partial charge is 0.401 e. The smallest absolute Gasteiger partial charge is 0.395 e. The maximum atomic E-state index is 11.9. The summed E-state index contributed by atoms with van der Waals surface area (Å²) in [5.74, 6) is 0. The molecule has 0 bridgehead atoms. The standard InChI is InChI=1S/C7H14F3NO2.C2H6/c1-13-5-3-11(2-4-12)6-7(8,9)10;1-2/h12H,2-6H2,1H3;1-2H3. The first-order valence-electron chi connectivity index (χ1n) is 4.88. The molecule has 3 nitrogen and oxygen atoms in total. The van der Waals surface area contributed by atoms with E-state index in [1.807, 2.05) is 13.8 Å². The van der Waals surface area contributed by atoms with Crippen LogP contribution in [-0.2, 0) is 4.74 Å². The van der Waals surface area contributed by atoms with E-state index >= 15 is 0 Å². The molecule has 0 aromatic heterocycles. The van der Waals surface area contributed by atoms with Crippen LogP contribution in [0.25, 0.3) is 0 Å². The topological polar surface area (TPSA) is 32.7 Å². The minimum absolute atomic E-state index is 0.0167. The van der Waals surface area contributed by atoms with Gasteiger partial charge in [0.15, 0.2) is 0 Å². The Morgan fingerprint density at radius 3 is 2.07 bits per heavy atom. The van der Waals surface area contributed by atoms with Gasteiger partial charge in [0.05, 0.1) is 19.8 Å². The van der Waals surface area contributed by atoms with Gasteiger partial charge in [-0.1, -0.05) is 13.8 Å². The van der Waals surface area contributed by atoms with E-state index in [0.717, 1.165) is 4.90 Å². The van der Waals surface area contributed by atoms with Gasteiger partial charge < -0.3 is 9.84 Å². The Bertz CT molecular complexity index is 131. The first-order valence-corrected chi connectivity index (χ1v) is 4.88. The lowest BCUT2D eigenvalue weighted by molar-refractivity contribution is -0.147. The number of halogens is 3. The normalized spacial score (nSPS) is 11.2. The predicted octanol–water partition coefficient (Wildman–Crippen LogP) is 1.52. The van der Waals surface area contributed by atoms with Crippen LogP contribution < -0.4 is 0 Å². The number of alkyl halides is 3. The van der Waals surface area contributed by atoms with E-state index in [9.17, 15) is 13.2 Å². The van der Waals surface area contributed by atoms with Gasteiger partial charge in [-0.25, -0.2) is 0 Å². The molecule has 0 heterocycles. The molecule has 1 N–H and O–H groups in total. The molecular weight excluding hydrogens is 211 g/mol. The number of ether oxygens (including phenoxy) is 1. The Kier molecular flexibility index (Phi) is 11.6. The van der Waals surface area contributed by atoms with Crippen molar-refractivity contribution in [3.05, 3.63) is 0 Å². The summed E-state index contributed by atoms with van der Waals surface area (Å²) in [5.41, 5.74) is 0. The summed E-state index contributed by atoms with van der Waals surface area (Å²) in [5, 5.41) is 8.48. The fourth-order valence-electron chi connectivity index (χ4n) is 0.885. The minimum Gasteiger partial charge on any atom is -0.395 e. The van der Waals surface area contributed by atoms with Gasteiger partial charge in [0.1, 0.15) is 0 Å². The lowest BCUT2D eigenvalue weighted by atomic mass is 10.4. The zero-order valence-electron chi connectivity index (χ0n) is 9.47. The molecule has 94 valence electrons. The highest BCUT2D eigenvalue weighted by Gasteiger charge is 2.30. The van der Waals surface area contributed by atoms with Crippen LogP contribution in [0.1, 0.15) is 13.8 Å². The molecule has 0 rings (SSSR count). The molecule has 0 aromatic carbocycles. The molecule has 0 aliphatic rings. The van der Waals surface area contributed by atoms with E-state index in [4.69, 9.17) is 5.11 Å². The Labute approximate surface area is 88.8 Å². The zero-order chi connectivity index (χ0) is 12.3. The molecule has 0 atom stereocenters. The van der Waals surface area contributed by atoms with Crippen molar-refractivity contribution in [3.8, 4) is 0 Å². The van der Waals surface area contributed by atoms with Crippen LogP contribution in [0.5, 0.6) is 0 Å². The van der Waals surface area contributed by atoms with E-state index in [2.05, 4.69) is 4.74 Å². The van der Waals surface area contributed by atoms with E-state index in [-0.39, 0.29) is 26.3 Å². The van der Waals surface area contributed by atoms with Crippen LogP contribution in [0.15, 0.2) is 0 Å². The van der Waals surface area contributed by atoms with Crippen molar-refractivity contribution in [2.45, 2.75) is 20.0 Å². The first kappa shape index (κ1) is 17.1. The lowest BCUT2D eigenvalue weighted by Gasteiger charge is -2.21. The molecule has 0 saturated carbocycles. The Morgan fingerprint density at radius 2 is 1.73 bits per heavy atom. The average Bonchev–Trinajstić information content (AvgIpc) is 2.15. The SMILES string of the molecule is CC.COCCN(CCO)CC(F)(F)F. The Hall–Kier alpha value is -0.330. The molecule has 0 spiro atoms. The third kappa shape index (κ3) is 13.7. The maximum Gasteiger partial charge on any atom is 0.401 e. The molecule has 0 saturated heterocycles. The molecule has 0 unspecified atom stereocenters. The van der Waals surface area contributed by atoms with Crippen molar-refractivity contribution in [2.75, 3.05) is 40.0 Å². The van der Waals surface area contributed by atoms with Gasteiger partial charge in [-0.05, 0) is 0 Å². The quantitative estimate of drug-likeness (QED) is 0.752. The summed E-state index contributed by atoms with van der Waals surface area (Å²) >= 11 is 0. The average molecular weight is 231 g/mol. The van der Waals surface area contributed by atoms with Gasteiger partial charge in [-0.3, -0.25) is 4.90 Å². The van der Waals surface area contributed by atoms with Crippen molar-refractivity contribution in [1.29, 1.82) is 0 Å². The van der Waals surface area contributed by atoms with Gasteiger partial charge in [0.25, 0.3) is 0 Å². The lowest BCUT2D eigenvalue weighted by Crippen LogP contribution is -2.38. The van der Waals surface area contributed by atoms with Crippen molar-refractivity contribution in [2.24, 2.45) is 0 Å². The molecule has 0 fully saturated rings. The fourth-order valence-corrected chi connectivity index (χ4v) is 0.885. The van der Waals surface area contributed by atoms with Crippen LogP contribution in [-0.4, -0.2) is 56.1 Å². The highest BCUT2D eigenvalue weighted by atomic mass is 19.4. The highest BCUT2D eigenvalue weighted by molar-refractivity contribution is 4.62. The van der Waals surface area contributed by atoms with E-state index in [0.29, 0.717) is 0 Å². The van der Waals surface area contributed by atoms with Crippen LogP contribution in [0, 0.1) is 0 Å². The number of hydrogen-bond acceptors (Lipinski definition) is 3. The van der Waals surface area contributed by atoms with Gasteiger partial charge in [-0.2, -0.15) is 13.2 Å². The second-order valence-electron chi connectivity index (χ2n) is 2.61. The second-order valence-corrected chi connectivity index (χ2v) is 2.61. The van der Waals surface area contributed by atoms with Gasteiger partial charge in [0.2, 0.25) is 0 Å². The molecule has 0 radical (unpaired) electrons. The summed E-state index contributed by atoms with van der Waals surface area (Å²) in [7, 11) is 1.42. The van der Waals surface area contributed by atoms with Gasteiger partial charge in [0, 0.05) is 20.2 Å². The third-order valence-electron chi connectivity index (χ3n) is 1.43. The van der Waals surface area contributed by atoms with Gasteiger partial charge in [-0.15, -0.1) is 0 Å². The fraction of sp³-hybridized carbons (Fsp3) is 1.00. The Balaban J connectivity index is 0. The highest BCUT2D eigenvalue weighted by Crippen LogP contribution is 2.15. The third-order valence-corrected chi connectivity index (χ3v) is 1.43. The molecule has 6 heteroatoms. The summed E-state index contributed by atoms with van der Waals surface area (Å²) in [6.07, 6.45) is -4.22. The van der Waals surface area contributed by atoms with E-state index < -0.39 is 12.7 Å². The van der Waals surface area contributed by atoms with Crippen molar-refractivity contribution >= 4 is 0 Å². The predicted molar refractivity (Wildman–Crippen MR) is 52.8 cm³/mol. The first-order chi connectivity index (χ1) is 6.99. The Morgan fingerprint density at radius 1 is 1.20 bits per heavy atom. The van der Waals surface area contributed by atoms with Crippen LogP contribution >= 0.6 is 0 Å². The second kappa shape index (κ2) is 10.2. The van der Waals surface area contributed by atoms with Crippen molar-refractivity contribution in [1.82, 2.24) is 4.90 Å².